The van der Waals surface area contributed by atoms with E-state index in [1.54, 1.807) is 49.2 Å². The summed E-state index contributed by atoms with van der Waals surface area (Å²) in [5.74, 6) is 0.396. The van der Waals surface area contributed by atoms with Gasteiger partial charge in [0.15, 0.2) is 12.0 Å². The number of ketones is 1. The highest BCUT2D eigenvalue weighted by Crippen LogP contribution is 2.30. The van der Waals surface area contributed by atoms with E-state index in [9.17, 15) is 14.4 Å². The predicted octanol–water partition coefficient (Wildman–Crippen LogP) is 2.97. The number of amides is 1. The molecule has 31 heavy (non-hydrogen) atoms. The lowest BCUT2D eigenvalue weighted by Crippen LogP contribution is -2.53. The number of hydrogen-bond acceptors (Lipinski definition) is 7. The number of nitrogens with one attached hydrogen (secondary N) is 1. The summed E-state index contributed by atoms with van der Waals surface area (Å²) < 4.78 is 16.2. The molecular weight excluding hydrogens is 418 g/mol. The molecule has 7 nitrogen and oxygen atoms in total. The maximum atomic E-state index is 12.7. The number of hydrogen-bond donors (Lipinski definition) is 1. The smallest absolute Gasteiger partial charge is 0.302 e. The fraction of sp³-hybridized carbons (Fsp3) is 0.348. The van der Waals surface area contributed by atoms with Crippen LogP contribution in [0.25, 0.3) is 0 Å². The zero-order chi connectivity index (χ0) is 22.2. The van der Waals surface area contributed by atoms with E-state index in [1.165, 1.54) is 6.92 Å². The molecule has 0 spiro atoms. The Hall–Kier alpha value is -2.84. The summed E-state index contributed by atoms with van der Waals surface area (Å²) >= 11 is 1.55. The summed E-state index contributed by atoms with van der Waals surface area (Å²) in [7, 11) is 1.61. The molecule has 1 amide bonds. The Bertz CT molecular complexity index is 902. The second-order valence-corrected chi connectivity index (χ2v) is 8.29. The van der Waals surface area contributed by atoms with Gasteiger partial charge in [-0.25, -0.2) is 0 Å². The highest BCUT2D eigenvalue weighted by atomic mass is 32.2. The molecule has 1 N–H and O–H groups in total. The Morgan fingerprint density at radius 1 is 1.13 bits per heavy atom. The van der Waals surface area contributed by atoms with Crippen molar-refractivity contribution in [2.45, 2.75) is 36.7 Å². The first-order valence-corrected chi connectivity index (χ1v) is 10.9. The molecule has 1 fully saturated rings. The molecule has 1 saturated heterocycles. The number of esters is 1. The number of carbonyl (C=O) groups is 3. The molecule has 3 rings (SSSR count). The normalized spacial score (nSPS) is 20.7. The van der Waals surface area contributed by atoms with Crippen LogP contribution < -0.4 is 10.1 Å². The molecule has 0 aromatic heterocycles. The Balaban J connectivity index is 1.64. The van der Waals surface area contributed by atoms with Gasteiger partial charge in [-0.05, 0) is 29.8 Å². The van der Waals surface area contributed by atoms with Crippen molar-refractivity contribution in [2.75, 3.05) is 13.7 Å². The van der Waals surface area contributed by atoms with Gasteiger partial charge < -0.3 is 19.5 Å². The highest BCUT2D eigenvalue weighted by molar-refractivity contribution is 7.99. The van der Waals surface area contributed by atoms with Crippen molar-refractivity contribution in [3.8, 4) is 5.75 Å². The van der Waals surface area contributed by atoms with Gasteiger partial charge >= 0.3 is 5.97 Å². The molecule has 2 aromatic carbocycles. The number of carbonyl (C=O) groups excluding carboxylic acids is 3. The molecule has 0 saturated carbocycles. The van der Waals surface area contributed by atoms with Crippen LogP contribution in [0.5, 0.6) is 5.75 Å². The van der Waals surface area contributed by atoms with Gasteiger partial charge in [0, 0.05) is 29.9 Å². The number of benzene rings is 2. The molecule has 1 aliphatic rings. The first-order chi connectivity index (χ1) is 15.0. The van der Waals surface area contributed by atoms with Gasteiger partial charge in [-0.2, -0.15) is 11.8 Å². The van der Waals surface area contributed by atoms with Crippen molar-refractivity contribution in [1.29, 1.82) is 0 Å². The van der Waals surface area contributed by atoms with E-state index in [0.717, 1.165) is 11.3 Å². The minimum absolute atomic E-state index is 0.0145. The van der Waals surface area contributed by atoms with Crippen LogP contribution in [0.4, 0.5) is 0 Å². The van der Waals surface area contributed by atoms with E-state index < -0.39 is 24.2 Å². The van der Waals surface area contributed by atoms with E-state index in [1.807, 2.05) is 24.3 Å². The lowest BCUT2D eigenvalue weighted by Gasteiger charge is -2.35. The van der Waals surface area contributed by atoms with Crippen molar-refractivity contribution in [3.63, 3.8) is 0 Å². The first-order valence-electron chi connectivity index (χ1n) is 9.88. The first kappa shape index (κ1) is 22.8. The van der Waals surface area contributed by atoms with Crippen LogP contribution in [0.2, 0.25) is 0 Å². The fourth-order valence-electron chi connectivity index (χ4n) is 3.12. The predicted molar refractivity (Wildman–Crippen MR) is 117 cm³/mol. The number of Topliss-reactive ketones (excluding diaryl/α,β-unsaturated/α-hetero) is 1. The molecule has 2 aromatic rings. The Labute approximate surface area is 185 Å². The maximum Gasteiger partial charge on any atom is 0.302 e. The largest absolute Gasteiger partial charge is 0.497 e. The van der Waals surface area contributed by atoms with E-state index in [4.69, 9.17) is 14.2 Å². The summed E-state index contributed by atoms with van der Waals surface area (Å²) in [6, 6.07) is 16.3. The van der Waals surface area contributed by atoms with Crippen LogP contribution in [-0.2, 0) is 24.8 Å². The standard InChI is InChI=1S/C23H25NO6S/c1-15(25)29-13-20-21(31-14-16-8-10-18(28-2)11-9-16)12-19(26)23(30-20)24-22(27)17-6-4-3-5-7-17/h3-11,20-21,23H,12-14H2,1-2H3,(H,24,27)/t20-,21?,23-/m1/s1. The van der Waals surface area contributed by atoms with Gasteiger partial charge in [-0.1, -0.05) is 30.3 Å². The monoisotopic (exact) mass is 443 g/mol. The summed E-state index contributed by atoms with van der Waals surface area (Å²) in [6.07, 6.45) is -1.40. The Kier molecular flexibility index (Phi) is 8.08. The van der Waals surface area contributed by atoms with Crippen LogP contribution in [0.3, 0.4) is 0 Å². The van der Waals surface area contributed by atoms with Gasteiger partial charge in [-0.3, -0.25) is 14.4 Å². The van der Waals surface area contributed by atoms with E-state index in [0.29, 0.717) is 11.3 Å². The third kappa shape index (κ3) is 6.57. The number of ether oxygens (including phenoxy) is 3. The molecular formula is C23H25NO6S. The molecule has 3 atom stereocenters. The van der Waals surface area contributed by atoms with Crippen molar-refractivity contribution in [1.82, 2.24) is 5.32 Å². The van der Waals surface area contributed by atoms with Gasteiger partial charge in [-0.15, -0.1) is 0 Å². The van der Waals surface area contributed by atoms with Gasteiger partial charge in [0.2, 0.25) is 0 Å². The van der Waals surface area contributed by atoms with E-state index >= 15 is 0 Å². The average Bonchev–Trinajstić information content (AvgIpc) is 2.79. The van der Waals surface area contributed by atoms with Crippen molar-refractivity contribution >= 4 is 29.4 Å². The topological polar surface area (TPSA) is 90.9 Å². The van der Waals surface area contributed by atoms with E-state index in [2.05, 4.69) is 5.32 Å². The van der Waals surface area contributed by atoms with Crippen molar-refractivity contribution in [3.05, 3.63) is 65.7 Å². The average molecular weight is 444 g/mol. The lowest BCUT2D eigenvalue weighted by atomic mass is 10.1. The molecule has 1 unspecified atom stereocenters. The van der Waals surface area contributed by atoms with Gasteiger partial charge in [0.05, 0.1) is 7.11 Å². The fourth-order valence-corrected chi connectivity index (χ4v) is 4.36. The minimum Gasteiger partial charge on any atom is -0.497 e. The molecule has 164 valence electrons. The third-order valence-electron chi connectivity index (χ3n) is 4.79. The SMILES string of the molecule is COc1ccc(CSC2CC(=O)[C@H](NC(=O)c3ccccc3)O[C@@H]2COC(C)=O)cc1. The van der Waals surface area contributed by atoms with Crippen molar-refractivity contribution < 1.29 is 28.6 Å². The summed E-state index contributed by atoms with van der Waals surface area (Å²) in [5, 5.41) is 2.43. The summed E-state index contributed by atoms with van der Waals surface area (Å²) in [5.41, 5.74) is 1.51. The minimum atomic E-state index is -1.08. The molecule has 8 heteroatoms. The number of methoxy groups -OCH3 is 1. The number of thioether (sulfide) groups is 1. The zero-order valence-electron chi connectivity index (χ0n) is 17.4. The molecule has 0 bridgehead atoms. The lowest BCUT2D eigenvalue weighted by molar-refractivity contribution is -0.156. The van der Waals surface area contributed by atoms with Crippen LogP contribution in [-0.4, -0.2) is 49.0 Å². The quantitative estimate of drug-likeness (QED) is 0.627. The van der Waals surface area contributed by atoms with Crippen LogP contribution in [0.15, 0.2) is 54.6 Å². The highest BCUT2D eigenvalue weighted by Gasteiger charge is 2.38. The second kappa shape index (κ2) is 11.0. The van der Waals surface area contributed by atoms with Crippen LogP contribution >= 0.6 is 11.8 Å². The molecule has 1 heterocycles. The molecule has 1 aliphatic heterocycles. The van der Waals surface area contributed by atoms with Gasteiger partial charge in [0.1, 0.15) is 18.5 Å². The number of rotatable bonds is 8. The Morgan fingerprint density at radius 2 is 1.84 bits per heavy atom. The maximum absolute atomic E-state index is 12.7. The van der Waals surface area contributed by atoms with E-state index in [-0.39, 0.29) is 24.1 Å². The van der Waals surface area contributed by atoms with Gasteiger partial charge in [0.25, 0.3) is 5.91 Å². The molecule has 0 aliphatic carbocycles. The zero-order valence-corrected chi connectivity index (χ0v) is 18.2. The summed E-state index contributed by atoms with van der Waals surface area (Å²) in [6.45, 7) is 1.34. The summed E-state index contributed by atoms with van der Waals surface area (Å²) in [4.78, 5) is 36.4. The van der Waals surface area contributed by atoms with Crippen LogP contribution in [0, 0.1) is 0 Å². The third-order valence-corrected chi connectivity index (χ3v) is 6.19. The van der Waals surface area contributed by atoms with Crippen molar-refractivity contribution in [2.24, 2.45) is 0 Å². The second-order valence-electron chi connectivity index (χ2n) is 7.06. The molecule has 0 radical (unpaired) electrons. The van der Waals surface area contributed by atoms with Crippen LogP contribution in [0.1, 0.15) is 29.3 Å². The Morgan fingerprint density at radius 3 is 2.48 bits per heavy atom.